The van der Waals surface area contributed by atoms with Crippen LogP contribution < -0.4 is 14.4 Å². The number of hydrogen-bond donors (Lipinski definition) is 0. The van der Waals surface area contributed by atoms with E-state index >= 15 is 0 Å². The van der Waals surface area contributed by atoms with Gasteiger partial charge in [0.05, 0.1) is 43.4 Å². The molecule has 0 unspecified atom stereocenters. The van der Waals surface area contributed by atoms with Crippen molar-refractivity contribution in [1.29, 1.82) is 5.26 Å². The fourth-order valence-corrected chi connectivity index (χ4v) is 4.89. The maximum atomic E-state index is 13.0. The normalized spacial score (nSPS) is 18.9. The van der Waals surface area contributed by atoms with Gasteiger partial charge in [-0.25, -0.2) is 0 Å². The fraction of sp³-hybridized carbons (Fsp3) is 0.273. The van der Waals surface area contributed by atoms with Crippen LogP contribution in [0.2, 0.25) is 0 Å². The number of fused-ring (bicyclic) bond motifs is 1. The predicted octanol–water partition coefficient (Wildman–Crippen LogP) is 3.92. The van der Waals surface area contributed by atoms with Crippen molar-refractivity contribution in [2.24, 2.45) is 0 Å². The second-order valence-corrected chi connectivity index (χ2v) is 7.75. The lowest BCUT2D eigenvalue weighted by molar-refractivity contribution is -0.129. The van der Waals surface area contributed by atoms with Gasteiger partial charge in [-0.05, 0) is 29.8 Å². The van der Waals surface area contributed by atoms with E-state index in [9.17, 15) is 10.1 Å². The Balaban J connectivity index is 1.68. The molecule has 4 rings (SSSR count). The molecule has 2 aromatic rings. The van der Waals surface area contributed by atoms with E-state index in [0.29, 0.717) is 29.6 Å². The lowest BCUT2D eigenvalue weighted by atomic mass is 9.86. The van der Waals surface area contributed by atoms with Gasteiger partial charge < -0.3 is 14.4 Å². The molecule has 0 N–H and O–H groups in total. The second-order valence-electron chi connectivity index (χ2n) is 6.81. The van der Waals surface area contributed by atoms with Gasteiger partial charge in [0.2, 0.25) is 5.91 Å². The highest BCUT2D eigenvalue weighted by atomic mass is 32.2. The number of rotatable bonds is 4. The summed E-state index contributed by atoms with van der Waals surface area (Å²) in [4.78, 5) is 16.9. The highest BCUT2D eigenvalue weighted by molar-refractivity contribution is 8.03. The quantitative estimate of drug-likeness (QED) is 0.765. The lowest BCUT2D eigenvalue weighted by Crippen LogP contribution is -2.47. The third kappa shape index (κ3) is 3.52. The van der Waals surface area contributed by atoms with Crippen LogP contribution in [-0.4, -0.2) is 37.6 Å². The number of nitrogens with zero attached hydrogens (tertiary/aromatic N) is 3. The molecule has 1 fully saturated rings. The number of benzene rings is 2. The van der Waals surface area contributed by atoms with Gasteiger partial charge in [-0.2, -0.15) is 5.26 Å². The van der Waals surface area contributed by atoms with Crippen molar-refractivity contribution in [3.8, 4) is 17.6 Å². The first-order valence-electron chi connectivity index (χ1n) is 9.25. The van der Waals surface area contributed by atoms with Gasteiger partial charge in [0.25, 0.3) is 0 Å². The Bertz CT molecular complexity index is 1000. The average molecular weight is 407 g/mol. The molecule has 1 amide bonds. The van der Waals surface area contributed by atoms with Crippen LogP contribution in [0, 0.1) is 11.3 Å². The number of amides is 1. The molecule has 148 valence electrons. The Morgan fingerprint density at radius 2 is 1.86 bits per heavy atom. The van der Waals surface area contributed by atoms with Gasteiger partial charge in [0.1, 0.15) is 0 Å². The van der Waals surface area contributed by atoms with Crippen LogP contribution in [0.25, 0.3) is 0 Å². The first kappa shape index (κ1) is 19.2. The SMILES string of the molecule is COc1ccc([C@H]2CC(=O)N3CN(c4ccccc4)CSC3=C2C#N)cc1OC. The first-order valence-corrected chi connectivity index (χ1v) is 10.2. The molecule has 0 saturated carbocycles. The molecule has 1 saturated heterocycles. The van der Waals surface area contributed by atoms with Crippen molar-refractivity contribution in [1.82, 2.24) is 4.90 Å². The highest BCUT2D eigenvalue weighted by Gasteiger charge is 2.38. The van der Waals surface area contributed by atoms with E-state index in [1.165, 1.54) is 11.8 Å². The standard InChI is InChI=1S/C22H21N3O3S/c1-27-19-9-8-15(10-20(19)28-2)17-11-21(26)25-13-24(16-6-4-3-5-7-16)14-29-22(25)18(17)12-23/h3-10,17H,11,13-14H2,1-2H3/t17-/m1/s1. The van der Waals surface area contributed by atoms with Crippen molar-refractivity contribution in [2.75, 3.05) is 31.7 Å². The number of nitriles is 1. The van der Waals surface area contributed by atoms with Crippen molar-refractivity contribution < 1.29 is 14.3 Å². The van der Waals surface area contributed by atoms with E-state index in [4.69, 9.17) is 9.47 Å². The molecule has 1 atom stereocenters. The van der Waals surface area contributed by atoms with Crippen LogP contribution in [0.3, 0.4) is 0 Å². The molecule has 29 heavy (non-hydrogen) atoms. The molecule has 6 nitrogen and oxygen atoms in total. The van der Waals surface area contributed by atoms with Gasteiger partial charge in [-0.1, -0.05) is 36.0 Å². The number of thioether (sulfide) groups is 1. The second kappa shape index (κ2) is 8.10. The van der Waals surface area contributed by atoms with E-state index in [0.717, 1.165) is 16.3 Å². The minimum atomic E-state index is -0.283. The van der Waals surface area contributed by atoms with Crippen LogP contribution in [-0.2, 0) is 4.79 Å². The Labute approximate surface area is 174 Å². The summed E-state index contributed by atoms with van der Waals surface area (Å²) in [6.45, 7) is 0.453. The Kier molecular flexibility index (Phi) is 5.36. The number of para-hydroxylation sites is 1. The Morgan fingerprint density at radius 1 is 1.10 bits per heavy atom. The summed E-state index contributed by atoms with van der Waals surface area (Å²) in [6, 6.07) is 17.9. The number of methoxy groups -OCH3 is 2. The molecule has 0 spiro atoms. The van der Waals surface area contributed by atoms with Crippen LogP contribution in [0.15, 0.2) is 59.1 Å². The minimum absolute atomic E-state index is 0.0203. The smallest absolute Gasteiger partial charge is 0.229 e. The molecule has 2 heterocycles. The molecule has 0 radical (unpaired) electrons. The zero-order chi connectivity index (χ0) is 20.4. The third-order valence-corrected chi connectivity index (χ3v) is 6.38. The zero-order valence-electron chi connectivity index (χ0n) is 16.3. The monoisotopic (exact) mass is 407 g/mol. The summed E-state index contributed by atoms with van der Waals surface area (Å²) in [5, 5.41) is 10.7. The number of hydrogen-bond acceptors (Lipinski definition) is 6. The number of anilines is 1. The van der Waals surface area contributed by atoms with E-state index in [-0.39, 0.29) is 18.2 Å². The van der Waals surface area contributed by atoms with Crippen molar-refractivity contribution >= 4 is 23.4 Å². The minimum Gasteiger partial charge on any atom is -0.493 e. The first-order chi connectivity index (χ1) is 14.2. The summed E-state index contributed by atoms with van der Waals surface area (Å²) in [6.07, 6.45) is 0.255. The van der Waals surface area contributed by atoms with Gasteiger partial charge in [-0.3, -0.25) is 9.69 Å². The molecule has 2 aliphatic heterocycles. The number of allylic oxidation sites excluding steroid dienone is 1. The number of ether oxygens (including phenoxy) is 2. The van der Waals surface area contributed by atoms with E-state index in [2.05, 4.69) is 11.0 Å². The molecule has 7 heteroatoms. The van der Waals surface area contributed by atoms with Crippen LogP contribution in [0.1, 0.15) is 17.9 Å². The molecule has 0 aliphatic carbocycles. The van der Waals surface area contributed by atoms with E-state index < -0.39 is 0 Å². The largest absolute Gasteiger partial charge is 0.493 e. The van der Waals surface area contributed by atoms with Crippen molar-refractivity contribution in [3.05, 3.63) is 64.7 Å². The van der Waals surface area contributed by atoms with Crippen molar-refractivity contribution in [2.45, 2.75) is 12.3 Å². The van der Waals surface area contributed by atoms with Gasteiger partial charge >= 0.3 is 0 Å². The maximum Gasteiger partial charge on any atom is 0.229 e. The van der Waals surface area contributed by atoms with E-state index in [1.807, 2.05) is 48.5 Å². The van der Waals surface area contributed by atoms with Crippen LogP contribution in [0.5, 0.6) is 11.5 Å². The Hall–Kier alpha value is -3.11. The van der Waals surface area contributed by atoms with E-state index in [1.54, 1.807) is 19.1 Å². The summed E-state index contributed by atoms with van der Waals surface area (Å²) < 4.78 is 10.7. The van der Waals surface area contributed by atoms with Gasteiger partial charge in [-0.15, -0.1) is 0 Å². The lowest BCUT2D eigenvalue weighted by Gasteiger charge is -2.42. The van der Waals surface area contributed by atoms with Crippen LogP contribution >= 0.6 is 11.8 Å². The Morgan fingerprint density at radius 3 is 2.55 bits per heavy atom. The number of carbonyl (C=O) groups is 1. The summed E-state index contributed by atoms with van der Waals surface area (Å²) in [5.41, 5.74) is 2.58. The fourth-order valence-electron chi connectivity index (χ4n) is 3.72. The molecular formula is C22H21N3O3S. The number of carbonyl (C=O) groups excluding carboxylic acids is 1. The summed E-state index contributed by atoms with van der Waals surface area (Å²) >= 11 is 1.53. The summed E-state index contributed by atoms with van der Waals surface area (Å²) in [5.74, 6) is 1.64. The molecule has 0 aromatic heterocycles. The highest BCUT2D eigenvalue weighted by Crippen LogP contribution is 2.44. The molecule has 2 aliphatic rings. The van der Waals surface area contributed by atoms with Gasteiger partial charge in [0.15, 0.2) is 11.5 Å². The average Bonchev–Trinajstić information content (AvgIpc) is 2.79. The zero-order valence-corrected chi connectivity index (χ0v) is 17.1. The third-order valence-electron chi connectivity index (χ3n) is 5.22. The summed E-state index contributed by atoms with van der Waals surface area (Å²) in [7, 11) is 3.16. The topological polar surface area (TPSA) is 65.8 Å². The molecular weight excluding hydrogens is 386 g/mol. The molecule has 2 aromatic carbocycles. The van der Waals surface area contributed by atoms with Crippen LogP contribution in [0.4, 0.5) is 5.69 Å². The molecule has 0 bridgehead atoms. The van der Waals surface area contributed by atoms with Gasteiger partial charge in [0, 0.05) is 18.0 Å². The maximum absolute atomic E-state index is 13.0. The predicted molar refractivity (Wildman–Crippen MR) is 113 cm³/mol. The van der Waals surface area contributed by atoms with Crippen molar-refractivity contribution in [3.63, 3.8) is 0 Å².